The van der Waals surface area contributed by atoms with Crippen LogP contribution in [-0.4, -0.2) is 56.5 Å². The van der Waals surface area contributed by atoms with Crippen molar-refractivity contribution >= 4 is 0 Å². The molecule has 1 aliphatic rings. The Morgan fingerprint density at radius 1 is 1.29 bits per heavy atom. The molecule has 1 atom stereocenters. The third kappa shape index (κ3) is 8.63. The summed E-state index contributed by atoms with van der Waals surface area (Å²) in [7, 11) is 0. The number of hydrogen-bond acceptors (Lipinski definition) is 3. The van der Waals surface area contributed by atoms with Crippen LogP contribution in [-0.2, 0) is 4.74 Å². The molecule has 126 valence electrons. The molecule has 0 amide bonds. The van der Waals surface area contributed by atoms with Crippen LogP contribution in [0.2, 0.25) is 0 Å². The Morgan fingerprint density at radius 3 is 2.52 bits per heavy atom. The summed E-state index contributed by atoms with van der Waals surface area (Å²) in [6, 6.07) is 0.558. The van der Waals surface area contributed by atoms with Crippen LogP contribution in [0, 0.1) is 5.92 Å². The van der Waals surface area contributed by atoms with E-state index >= 15 is 0 Å². The highest BCUT2D eigenvalue weighted by atomic mass is 19.4. The second-order valence-electron chi connectivity index (χ2n) is 5.94. The summed E-state index contributed by atoms with van der Waals surface area (Å²) in [6.45, 7) is 7.47. The van der Waals surface area contributed by atoms with Crippen LogP contribution in [0.3, 0.4) is 0 Å². The van der Waals surface area contributed by atoms with Crippen molar-refractivity contribution in [3.8, 4) is 0 Å². The summed E-state index contributed by atoms with van der Waals surface area (Å²) in [5.41, 5.74) is 0. The zero-order chi connectivity index (χ0) is 15.7. The molecule has 21 heavy (non-hydrogen) atoms. The van der Waals surface area contributed by atoms with Gasteiger partial charge in [-0.1, -0.05) is 6.92 Å². The van der Waals surface area contributed by atoms with E-state index in [0.29, 0.717) is 18.4 Å². The fraction of sp³-hybridized carbons (Fsp3) is 1.00. The average Bonchev–Trinajstić information content (AvgIpc) is 2.44. The summed E-state index contributed by atoms with van der Waals surface area (Å²) in [5, 5.41) is 3.55. The first-order valence-corrected chi connectivity index (χ1v) is 8.02. The van der Waals surface area contributed by atoms with Gasteiger partial charge in [0.15, 0.2) is 0 Å². The van der Waals surface area contributed by atoms with Crippen LogP contribution in [0.25, 0.3) is 0 Å². The SMILES string of the molecule is CCCNC(C)C1CCN(CCCOCC(F)(F)F)CC1. The predicted molar refractivity (Wildman–Crippen MR) is 78.4 cm³/mol. The third-order valence-electron chi connectivity index (χ3n) is 4.08. The zero-order valence-electron chi connectivity index (χ0n) is 13.2. The van der Waals surface area contributed by atoms with E-state index in [9.17, 15) is 13.2 Å². The minimum absolute atomic E-state index is 0.188. The number of hydrogen-bond donors (Lipinski definition) is 1. The summed E-state index contributed by atoms with van der Waals surface area (Å²) in [4.78, 5) is 2.33. The predicted octanol–water partition coefficient (Wildman–Crippen LogP) is 3.06. The number of piperidine rings is 1. The van der Waals surface area contributed by atoms with E-state index in [2.05, 4.69) is 28.8 Å². The van der Waals surface area contributed by atoms with Crippen molar-refractivity contribution in [1.82, 2.24) is 10.2 Å². The van der Waals surface area contributed by atoms with Gasteiger partial charge in [-0.3, -0.25) is 0 Å². The molecule has 0 saturated carbocycles. The quantitative estimate of drug-likeness (QED) is 0.663. The van der Waals surface area contributed by atoms with Crippen LogP contribution in [0.1, 0.15) is 39.5 Å². The van der Waals surface area contributed by atoms with Crippen molar-refractivity contribution in [2.45, 2.75) is 51.7 Å². The number of nitrogens with one attached hydrogen (secondary N) is 1. The highest BCUT2D eigenvalue weighted by molar-refractivity contribution is 4.79. The second kappa shape index (κ2) is 9.64. The second-order valence-corrected chi connectivity index (χ2v) is 5.94. The molecule has 3 nitrogen and oxygen atoms in total. The lowest BCUT2D eigenvalue weighted by Gasteiger charge is -2.35. The highest BCUT2D eigenvalue weighted by Gasteiger charge is 2.27. The molecular formula is C15H29F3N2O. The third-order valence-corrected chi connectivity index (χ3v) is 4.08. The molecular weight excluding hydrogens is 281 g/mol. The van der Waals surface area contributed by atoms with Crippen LogP contribution >= 0.6 is 0 Å². The molecule has 1 fully saturated rings. The maximum absolute atomic E-state index is 11.9. The van der Waals surface area contributed by atoms with Crippen molar-refractivity contribution in [2.75, 3.05) is 39.4 Å². The standard InChI is InChI=1S/C15H29F3N2O/c1-3-7-19-13(2)14-5-9-20(10-6-14)8-4-11-21-12-15(16,17)18/h13-14,19H,3-12H2,1-2H3. The van der Waals surface area contributed by atoms with Crippen molar-refractivity contribution in [3.05, 3.63) is 0 Å². The lowest BCUT2D eigenvalue weighted by molar-refractivity contribution is -0.174. The molecule has 1 unspecified atom stereocenters. The molecule has 1 heterocycles. The lowest BCUT2D eigenvalue weighted by atomic mass is 9.90. The Hall–Kier alpha value is -0.330. The number of alkyl halides is 3. The van der Waals surface area contributed by atoms with Crippen molar-refractivity contribution in [1.29, 1.82) is 0 Å². The van der Waals surface area contributed by atoms with E-state index in [1.807, 2.05) is 0 Å². The first kappa shape index (κ1) is 18.7. The highest BCUT2D eigenvalue weighted by Crippen LogP contribution is 2.21. The largest absolute Gasteiger partial charge is 0.411 e. The van der Waals surface area contributed by atoms with Gasteiger partial charge in [-0.05, 0) is 58.2 Å². The van der Waals surface area contributed by atoms with Gasteiger partial charge in [-0.15, -0.1) is 0 Å². The fourth-order valence-electron chi connectivity index (χ4n) is 2.79. The van der Waals surface area contributed by atoms with Gasteiger partial charge >= 0.3 is 6.18 Å². The van der Waals surface area contributed by atoms with Gasteiger partial charge in [-0.2, -0.15) is 13.2 Å². The van der Waals surface area contributed by atoms with E-state index in [-0.39, 0.29) is 6.61 Å². The van der Waals surface area contributed by atoms with Crippen molar-refractivity contribution in [2.24, 2.45) is 5.92 Å². The molecule has 0 aliphatic carbocycles. The maximum atomic E-state index is 11.9. The van der Waals surface area contributed by atoms with Crippen LogP contribution in [0.4, 0.5) is 13.2 Å². The van der Waals surface area contributed by atoms with Gasteiger partial charge in [0.25, 0.3) is 0 Å². The topological polar surface area (TPSA) is 24.5 Å². The Kier molecular flexibility index (Phi) is 8.59. The first-order valence-electron chi connectivity index (χ1n) is 8.02. The van der Waals surface area contributed by atoms with E-state index in [4.69, 9.17) is 0 Å². The average molecular weight is 310 g/mol. The molecule has 0 aromatic rings. The van der Waals surface area contributed by atoms with Crippen molar-refractivity contribution in [3.63, 3.8) is 0 Å². The maximum Gasteiger partial charge on any atom is 0.411 e. The van der Waals surface area contributed by atoms with E-state index in [0.717, 1.165) is 32.6 Å². The monoisotopic (exact) mass is 310 g/mol. The Bertz CT molecular complexity index is 266. The Morgan fingerprint density at radius 2 is 1.95 bits per heavy atom. The minimum Gasteiger partial charge on any atom is -0.372 e. The minimum atomic E-state index is -4.21. The van der Waals surface area contributed by atoms with E-state index < -0.39 is 12.8 Å². The molecule has 1 aliphatic heterocycles. The summed E-state index contributed by atoms with van der Waals surface area (Å²) in [5.74, 6) is 0.717. The molecule has 0 bridgehead atoms. The smallest absolute Gasteiger partial charge is 0.372 e. The molecule has 0 aromatic carbocycles. The number of halogens is 3. The number of nitrogens with zero attached hydrogens (tertiary/aromatic N) is 1. The molecule has 1 N–H and O–H groups in total. The number of ether oxygens (including phenoxy) is 1. The van der Waals surface area contributed by atoms with Crippen LogP contribution in [0.5, 0.6) is 0 Å². The normalized spacial score (nSPS) is 19.9. The Balaban J connectivity index is 2.05. The van der Waals surface area contributed by atoms with Crippen LogP contribution in [0.15, 0.2) is 0 Å². The van der Waals surface area contributed by atoms with Gasteiger partial charge < -0.3 is 15.0 Å². The lowest BCUT2D eigenvalue weighted by Crippen LogP contribution is -2.42. The molecule has 1 saturated heterocycles. The first-order chi connectivity index (χ1) is 9.92. The van der Waals surface area contributed by atoms with Gasteiger partial charge in [0, 0.05) is 19.2 Å². The fourth-order valence-corrected chi connectivity index (χ4v) is 2.79. The van der Waals surface area contributed by atoms with Gasteiger partial charge in [0.2, 0.25) is 0 Å². The van der Waals surface area contributed by atoms with E-state index in [1.54, 1.807) is 0 Å². The van der Waals surface area contributed by atoms with Gasteiger partial charge in [-0.25, -0.2) is 0 Å². The summed E-state index contributed by atoms with van der Waals surface area (Å²) < 4.78 is 40.3. The van der Waals surface area contributed by atoms with Crippen LogP contribution < -0.4 is 5.32 Å². The number of rotatable bonds is 9. The molecule has 0 spiro atoms. The number of likely N-dealkylation sites (tertiary alicyclic amines) is 1. The van der Waals surface area contributed by atoms with Gasteiger partial charge in [0.05, 0.1) is 0 Å². The molecule has 1 rings (SSSR count). The Labute approximate surface area is 126 Å². The van der Waals surface area contributed by atoms with Gasteiger partial charge in [0.1, 0.15) is 6.61 Å². The molecule has 0 aromatic heterocycles. The summed E-state index contributed by atoms with van der Waals surface area (Å²) in [6.07, 6.45) is -0.0476. The molecule has 6 heteroatoms. The summed E-state index contributed by atoms with van der Waals surface area (Å²) >= 11 is 0. The zero-order valence-corrected chi connectivity index (χ0v) is 13.2. The van der Waals surface area contributed by atoms with Crippen molar-refractivity contribution < 1.29 is 17.9 Å². The molecule has 0 radical (unpaired) electrons. The van der Waals surface area contributed by atoms with E-state index in [1.165, 1.54) is 12.8 Å².